The SMILES string of the molecule is CCN(Cc1cccc(C)c1)Cc1c(C)nn(-c2ccc(F)cc2)c1N1CCN(C)CC1. The van der Waals surface area contributed by atoms with Gasteiger partial charge in [-0.15, -0.1) is 0 Å². The van der Waals surface area contributed by atoms with Crippen LogP contribution in [0.4, 0.5) is 10.2 Å². The van der Waals surface area contributed by atoms with Crippen LogP contribution in [0.5, 0.6) is 0 Å². The highest BCUT2D eigenvalue weighted by atomic mass is 19.1. The van der Waals surface area contributed by atoms with Crippen molar-refractivity contribution in [1.82, 2.24) is 19.6 Å². The molecule has 0 N–H and O–H groups in total. The molecule has 170 valence electrons. The van der Waals surface area contributed by atoms with Crippen molar-refractivity contribution in [3.8, 4) is 5.69 Å². The van der Waals surface area contributed by atoms with Gasteiger partial charge < -0.3 is 9.80 Å². The van der Waals surface area contributed by atoms with Gasteiger partial charge in [-0.25, -0.2) is 9.07 Å². The van der Waals surface area contributed by atoms with E-state index >= 15 is 0 Å². The van der Waals surface area contributed by atoms with E-state index in [0.29, 0.717) is 0 Å². The van der Waals surface area contributed by atoms with Gasteiger partial charge in [0.1, 0.15) is 11.6 Å². The van der Waals surface area contributed by atoms with Crippen LogP contribution in [0, 0.1) is 19.7 Å². The molecule has 0 bridgehead atoms. The smallest absolute Gasteiger partial charge is 0.137 e. The molecular formula is C26H34FN5. The van der Waals surface area contributed by atoms with E-state index in [1.165, 1.54) is 28.8 Å². The van der Waals surface area contributed by atoms with Gasteiger partial charge in [-0.1, -0.05) is 36.8 Å². The quantitative estimate of drug-likeness (QED) is 0.550. The maximum atomic E-state index is 13.6. The van der Waals surface area contributed by atoms with Gasteiger partial charge in [0.05, 0.1) is 11.4 Å². The zero-order valence-electron chi connectivity index (χ0n) is 19.7. The number of likely N-dealkylation sites (N-methyl/N-ethyl adjacent to an activating group) is 1. The number of rotatable bonds is 7. The van der Waals surface area contributed by atoms with E-state index in [1.54, 1.807) is 0 Å². The summed E-state index contributed by atoms with van der Waals surface area (Å²) in [6.07, 6.45) is 0. The molecule has 1 aliphatic rings. The Balaban J connectivity index is 1.69. The number of anilines is 1. The fourth-order valence-corrected chi connectivity index (χ4v) is 4.41. The minimum Gasteiger partial charge on any atom is -0.354 e. The Hall–Kier alpha value is -2.70. The first-order valence-corrected chi connectivity index (χ1v) is 11.5. The van der Waals surface area contributed by atoms with E-state index in [4.69, 9.17) is 5.10 Å². The minimum absolute atomic E-state index is 0.227. The molecule has 6 heteroatoms. The van der Waals surface area contributed by atoms with Crippen molar-refractivity contribution >= 4 is 5.82 Å². The normalized spacial score (nSPS) is 15.0. The largest absolute Gasteiger partial charge is 0.354 e. The molecule has 0 atom stereocenters. The van der Waals surface area contributed by atoms with Crippen LogP contribution >= 0.6 is 0 Å². The molecule has 0 saturated carbocycles. The fraction of sp³-hybridized carbons (Fsp3) is 0.423. The molecule has 1 aromatic heterocycles. The summed E-state index contributed by atoms with van der Waals surface area (Å²) in [6, 6.07) is 15.4. The lowest BCUT2D eigenvalue weighted by molar-refractivity contribution is 0.270. The zero-order valence-corrected chi connectivity index (χ0v) is 19.7. The number of piperazine rings is 1. The maximum absolute atomic E-state index is 13.6. The number of halogens is 1. The van der Waals surface area contributed by atoms with Crippen molar-refractivity contribution in [2.45, 2.75) is 33.9 Å². The Morgan fingerprint density at radius 1 is 0.969 bits per heavy atom. The second-order valence-corrected chi connectivity index (χ2v) is 8.86. The Morgan fingerprint density at radius 3 is 2.34 bits per heavy atom. The minimum atomic E-state index is -0.227. The molecule has 0 amide bonds. The van der Waals surface area contributed by atoms with Crippen molar-refractivity contribution in [2.24, 2.45) is 0 Å². The molecule has 0 spiro atoms. The predicted octanol–water partition coefficient (Wildman–Crippen LogP) is 4.40. The average Bonchev–Trinajstić information content (AvgIpc) is 3.10. The molecule has 3 aromatic rings. The number of aryl methyl sites for hydroxylation is 2. The van der Waals surface area contributed by atoms with Gasteiger partial charge in [0.25, 0.3) is 0 Å². The lowest BCUT2D eigenvalue weighted by atomic mass is 10.1. The molecular weight excluding hydrogens is 401 g/mol. The van der Waals surface area contributed by atoms with Crippen LogP contribution in [0.15, 0.2) is 48.5 Å². The Bertz CT molecular complexity index is 1030. The number of nitrogens with zero attached hydrogens (tertiary/aromatic N) is 5. The number of hydrogen-bond donors (Lipinski definition) is 0. The van der Waals surface area contributed by atoms with Crippen LogP contribution in [0.25, 0.3) is 5.69 Å². The molecule has 2 aromatic carbocycles. The lowest BCUT2D eigenvalue weighted by Gasteiger charge is -2.35. The van der Waals surface area contributed by atoms with E-state index in [0.717, 1.165) is 63.0 Å². The van der Waals surface area contributed by atoms with Gasteiger partial charge in [-0.3, -0.25) is 4.90 Å². The van der Waals surface area contributed by atoms with Gasteiger partial charge in [0.2, 0.25) is 0 Å². The van der Waals surface area contributed by atoms with E-state index in [-0.39, 0.29) is 5.82 Å². The third-order valence-electron chi connectivity index (χ3n) is 6.35. The van der Waals surface area contributed by atoms with Crippen LogP contribution in [-0.2, 0) is 13.1 Å². The molecule has 0 radical (unpaired) electrons. The fourth-order valence-electron chi connectivity index (χ4n) is 4.41. The Morgan fingerprint density at radius 2 is 1.69 bits per heavy atom. The number of aromatic nitrogens is 2. The van der Waals surface area contributed by atoms with Crippen LogP contribution in [0.1, 0.15) is 29.3 Å². The lowest BCUT2D eigenvalue weighted by Crippen LogP contribution is -2.45. The van der Waals surface area contributed by atoms with Crippen molar-refractivity contribution in [2.75, 3.05) is 44.7 Å². The van der Waals surface area contributed by atoms with Gasteiger partial charge in [-0.2, -0.15) is 5.10 Å². The molecule has 1 fully saturated rings. The first kappa shape index (κ1) is 22.5. The molecule has 1 saturated heterocycles. The van der Waals surface area contributed by atoms with E-state index < -0.39 is 0 Å². The molecule has 0 unspecified atom stereocenters. The van der Waals surface area contributed by atoms with E-state index in [9.17, 15) is 4.39 Å². The van der Waals surface area contributed by atoms with Gasteiger partial charge >= 0.3 is 0 Å². The summed E-state index contributed by atoms with van der Waals surface area (Å²) in [6.45, 7) is 13.1. The second-order valence-electron chi connectivity index (χ2n) is 8.86. The van der Waals surface area contributed by atoms with Crippen LogP contribution in [0.2, 0.25) is 0 Å². The highest BCUT2D eigenvalue weighted by molar-refractivity contribution is 5.55. The number of benzene rings is 2. The van der Waals surface area contributed by atoms with E-state index in [2.05, 4.69) is 66.8 Å². The van der Waals surface area contributed by atoms with Crippen LogP contribution in [-0.4, -0.2) is 59.4 Å². The average molecular weight is 436 g/mol. The zero-order chi connectivity index (χ0) is 22.7. The molecule has 2 heterocycles. The van der Waals surface area contributed by atoms with Crippen LogP contribution in [0.3, 0.4) is 0 Å². The van der Waals surface area contributed by atoms with Gasteiger partial charge in [0.15, 0.2) is 0 Å². The molecule has 1 aliphatic heterocycles. The molecule has 0 aliphatic carbocycles. The number of hydrogen-bond acceptors (Lipinski definition) is 4. The van der Waals surface area contributed by atoms with Crippen molar-refractivity contribution < 1.29 is 4.39 Å². The summed E-state index contributed by atoms with van der Waals surface area (Å²) in [5.74, 6) is 0.916. The highest BCUT2D eigenvalue weighted by Gasteiger charge is 2.25. The van der Waals surface area contributed by atoms with E-state index in [1.807, 2.05) is 16.8 Å². The summed E-state index contributed by atoms with van der Waals surface area (Å²) in [5, 5.41) is 4.93. The van der Waals surface area contributed by atoms with Gasteiger partial charge in [0, 0.05) is 44.8 Å². The van der Waals surface area contributed by atoms with Crippen molar-refractivity contribution in [3.05, 3.63) is 76.7 Å². The summed E-state index contributed by atoms with van der Waals surface area (Å²) >= 11 is 0. The van der Waals surface area contributed by atoms with Crippen LogP contribution < -0.4 is 4.90 Å². The molecule has 5 nitrogen and oxygen atoms in total. The third-order valence-corrected chi connectivity index (χ3v) is 6.35. The summed E-state index contributed by atoms with van der Waals surface area (Å²) in [7, 11) is 2.17. The van der Waals surface area contributed by atoms with Crippen molar-refractivity contribution in [3.63, 3.8) is 0 Å². The first-order chi connectivity index (χ1) is 15.4. The highest BCUT2D eigenvalue weighted by Crippen LogP contribution is 2.30. The molecule has 32 heavy (non-hydrogen) atoms. The standard InChI is InChI=1S/C26H34FN5/c1-5-30(18-22-8-6-7-20(2)17-22)19-25-21(3)28-32(24-11-9-23(27)10-12-24)26(25)31-15-13-29(4)14-16-31/h6-12,17H,5,13-16,18-19H2,1-4H3. The summed E-state index contributed by atoms with van der Waals surface area (Å²) in [5.41, 5.74) is 5.81. The third kappa shape index (κ3) is 5.03. The summed E-state index contributed by atoms with van der Waals surface area (Å²) < 4.78 is 15.6. The van der Waals surface area contributed by atoms with Gasteiger partial charge in [-0.05, 0) is 57.3 Å². The first-order valence-electron chi connectivity index (χ1n) is 11.5. The predicted molar refractivity (Wildman–Crippen MR) is 129 cm³/mol. The summed E-state index contributed by atoms with van der Waals surface area (Å²) in [4.78, 5) is 7.27. The topological polar surface area (TPSA) is 27.5 Å². The monoisotopic (exact) mass is 435 g/mol. The Labute approximate surface area is 191 Å². The van der Waals surface area contributed by atoms with Crippen molar-refractivity contribution in [1.29, 1.82) is 0 Å². The molecule has 4 rings (SSSR count). The Kier molecular flexibility index (Phi) is 6.92. The maximum Gasteiger partial charge on any atom is 0.137 e. The second kappa shape index (κ2) is 9.84.